The number of nitrogens with one attached hydrogen (secondary N) is 1. The Labute approximate surface area is 160 Å². The lowest BCUT2D eigenvalue weighted by molar-refractivity contribution is -0.0556. The SMILES string of the molecule is COc1cc2nc(C)nc(N[C@@H](C)c3cccc(C(F)(F)CO)c3)c2cc1O. The summed E-state index contributed by atoms with van der Waals surface area (Å²) in [6.07, 6.45) is 0. The summed E-state index contributed by atoms with van der Waals surface area (Å²) in [6, 6.07) is 8.61. The van der Waals surface area contributed by atoms with Crippen LogP contribution in [0.15, 0.2) is 36.4 Å². The topological polar surface area (TPSA) is 87.5 Å². The highest BCUT2D eigenvalue weighted by Gasteiger charge is 2.30. The molecule has 6 nitrogen and oxygen atoms in total. The number of halogens is 2. The maximum atomic E-state index is 13.8. The van der Waals surface area contributed by atoms with Gasteiger partial charge >= 0.3 is 0 Å². The molecule has 148 valence electrons. The van der Waals surface area contributed by atoms with E-state index in [0.717, 1.165) is 0 Å². The third kappa shape index (κ3) is 3.82. The molecule has 0 fully saturated rings. The van der Waals surface area contributed by atoms with Gasteiger partial charge in [-0.2, -0.15) is 8.78 Å². The number of aromatic hydroxyl groups is 1. The molecule has 0 bridgehead atoms. The van der Waals surface area contributed by atoms with Crippen molar-refractivity contribution < 1.29 is 23.7 Å². The molecule has 1 aromatic heterocycles. The predicted molar refractivity (Wildman–Crippen MR) is 102 cm³/mol. The average molecular weight is 389 g/mol. The zero-order valence-electron chi connectivity index (χ0n) is 15.7. The van der Waals surface area contributed by atoms with Crippen molar-refractivity contribution in [2.45, 2.75) is 25.8 Å². The number of phenols is 1. The number of ether oxygens (including phenoxy) is 1. The minimum absolute atomic E-state index is 0.0530. The van der Waals surface area contributed by atoms with Crippen molar-refractivity contribution in [3.8, 4) is 11.5 Å². The first-order valence-electron chi connectivity index (χ1n) is 8.66. The summed E-state index contributed by atoms with van der Waals surface area (Å²) >= 11 is 0. The van der Waals surface area contributed by atoms with Gasteiger partial charge in [0.1, 0.15) is 18.2 Å². The van der Waals surface area contributed by atoms with Crippen molar-refractivity contribution in [1.29, 1.82) is 0 Å². The Bertz CT molecular complexity index is 1010. The first-order chi connectivity index (χ1) is 13.2. The second-order valence-electron chi connectivity index (χ2n) is 6.51. The summed E-state index contributed by atoms with van der Waals surface area (Å²) < 4.78 is 32.7. The van der Waals surface area contributed by atoms with Crippen molar-refractivity contribution in [3.05, 3.63) is 53.3 Å². The van der Waals surface area contributed by atoms with E-state index in [1.165, 1.54) is 31.4 Å². The number of aryl methyl sites for hydroxylation is 1. The number of methoxy groups -OCH3 is 1. The van der Waals surface area contributed by atoms with Gasteiger partial charge in [0, 0.05) is 23.1 Å². The number of benzene rings is 2. The molecule has 8 heteroatoms. The van der Waals surface area contributed by atoms with E-state index in [1.807, 2.05) is 6.92 Å². The van der Waals surface area contributed by atoms with Crippen LogP contribution in [-0.2, 0) is 5.92 Å². The number of hydrogen-bond acceptors (Lipinski definition) is 6. The molecule has 0 amide bonds. The Morgan fingerprint density at radius 1 is 1.21 bits per heavy atom. The number of aliphatic hydroxyl groups excluding tert-OH is 1. The summed E-state index contributed by atoms with van der Waals surface area (Å²) in [5.74, 6) is -2.09. The van der Waals surface area contributed by atoms with Crippen molar-refractivity contribution in [2.75, 3.05) is 19.0 Å². The van der Waals surface area contributed by atoms with Gasteiger partial charge in [0.2, 0.25) is 0 Å². The number of nitrogens with zero attached hydrogens (tertiary/aromatic N) is 2. The van der Waals surface area contributed by atoms with Crippen molar-refractivity contribution in [3.63, 3.8) is 0 Å². The van der Waals surface area contributed by atoms with Crippen LogP contribution in [0.2, 0.25) is 0 Å². The van der Waals surface area contributed by atoms with E-state index >= 15 is 0 Å². The molecular formula is C20H21F2N3O3. The van der Waals surface area contributed by atoms with Gasteiger partial charge in [0.05, 0.1) is 12.6 Å². The van der Waals surface area contributed by atoms with E-state index < -0.39 is 12.5 Å². The third-order valence-electron chi connectivity index (χ3n) is 4.47. The average Bonchev–Trinajstić information content (AvgIpc) is 2.68. The Hall–Kier alpha value is -3.00. The zero-order chi connectivity index (χ0) is 20.5. The number of hydrogen-bond donors (Lipinski definition) is 3. The Balaban J connectivity index is 1.99. The lowest BCUT2D eigenvalue weighted by atomic mass is 10.0. The van der Waals surface area contributed by atoms with Crippen molar-refractivity contribution in [1.82, 2.24) is 9.97 Å². The molecule has 0 aliphatic rings. The molecule has 1 heterocycles. The molecule has 28 heavy (non-hydrogen) atoms. The van der Waals surface area contributed by atoms with Gasteiger partial charge in [-0.25, -0.2) is 9.97 Å². The highest BCUT2D eigenvalue weighted by molar-refractivity contribution is 5.91. The van der Waals surface area contributed by atoms with E-state index in [2.05, 4.69) is 15.3 Å². The maximum Gasteiger partial charge on any atom is 0.295 e. The smallest absolute Gasteiger partial charge is 0.295 e. The van der Waals surface area contributed by atoms with E-state index in [9.17, 15) is 13.9 Å². The predicted octanol–water partition coefficient (Wildman–Crippen LogP) is 3.91. The number of fused-ring (bicyclic) bond motifs is 1. The van der Waals surface area contributed by atoms with Gasteiger partial charge in [-0.15, -0.1) is 0 Å². The first-order valence-corrected chi connectivity index (χ1v) is 8.66. The molecule has 0 spiro atoms. The second kappa shape index (κ2) is 7.55. The van der Waals surface area contributed by atoms with Crippen LogP contribution in [0.3, 0.4) is 0 Å². The maximum absolute atomic E-state index is 13.8. The van der Waals surface area contributed by atoms with Gasteiger partial charge < -0.3 is 20.3 Å². The summed E-state index contributed by atoms with van der Waals surface area (Å²) in [6.45, 7) is 2.29. The van der Waals surface area contributed by atoms with Gasteiger partial charge in [0.25, 0.3) is 5.92 Å². The minimum Gasteiger partial charge on any atom is -0.504 e. The summed E-state index contributed by atoms with van der Waals surface area (Å²) in [4.78, 5) is 8.74. The molecule has 0 radical (unpaired) electrons. The molecule has 1 atom stereocenters. The molecule has 0 aliphatic heterocycles. The molecule has 3 rings (SSSR count). The molecule has 0 unspecified atom stereocenters. The fourth-order valence-electron chi connectivity index (χ4n) is 2.95. The lowest BCUT2D eigenvalue weighted by Gasteiger charge is -2.20. The lowest BCUT2D eigenvalue weighted by Crippen LogP contribution is -2.19. The molecule has 3 N–H and O–H groups in total. The number of aromatic nitrogens is 2. The fraction of sp³-hybridized carbons (Fsp3) is 0.300. The van der Waals surface area contributed by atoms with E-state index in [4.69, 9.17) is 9.84 Å². The minimum atomic E-state index is -3.31. The number of phenolic OH excluding ortho intramolecular Hbond substituents is 1. The van der Waals surface area contributed by atoms with Gasteiger partial charge in [-0.1, -0.05) is 18.2 Å². The van der Waals surface area contributed by atoms with Crippen LogP contribution in [0, 0.1) is 6.92 Å². The number of alkyl halides is 2. The summed E-state index contributed by atoms with van der Waals surface area (Å²) in [5, 5.41) is 22.8. The van der Waals surface area contributed by atoms with E-state index in [-0.39, 0.29) is 17.4 Å². The standard InChI is InChI=1S/C20H21F2N3O3/c1-11(13-5-4-6-14(7-13)20(21,22)10-26)23-19-15-8-17(27)18(28-3)9-16(15)24-12(2)25-19/h4-9,11,26-27H,10H2,1-3H3,(H,23,24,25)/t11-/m0/s1. The monoisotopic (exact) mass is 389 g/mol. The Morgan fingerprint density at radius 3 is 2.64 bits per heavy atom. The second-order valence-corrected chi connectivity index (χ2v) is 6.51. The van der Waals surface area contributed by atoms with Crippen LogP contribution < -0.4 is 10.1 Å². The Kier molecular flexibility index (Phi) is 5.33. The number of rotatable bonds is 6. The fourth-order valence-corrected chi connectivity index (χ4v) is 2.95. The van der Waals surface area contributed by atoms with Crippen LogP contribution in [0.25, 0.3) is 10.9 Å². The van der Waals surface area contributed by atoms with Crippen LogP contribution in [0.1, 0.15) is 29.9 Å². The van der Waals surface area contributed by atoms with Crippen LogP contribution >= 0.6 is 0 Å². The zero-order valence-corrected chi connectivity index (χ0v) is 15.7. The number of anilines is 1. The molecular weight excluding hydrogens is 368 g/mol. The van der Waals surface area contributed by atoms with Crippen LogP contribution in [-0.4, -0.2) is 33.9 Å². The van der Waals surface area contributed by atoms with Crippen molar-refractivity contribution in [2.24, 2.45) is 0 Å². The molecule has 3 aromatic rings. The van der Waals surface area contributed by atoms with Crippen molar-refractivity contribution >= 4 is 16.7 Å². The third-order valence-corrected chi connectivity index (χ3v) is 4.47. The molecule has 0 saturated carbocycles. The summed E-state index contributed by atoms with van der Waals surface area (Å²) in [5.41, 5.74) is 0.928. The van der Waals surface area contributed by atoms with Gasteiger partial charge in [-0.05, 0) is 31.5 Å². The normalized spacial score (nSPS) is 12.8. The quantitative estimate of drug-likeness (QED) is 0.593. The highest BCUT2D eigenvalue weighted by Crippen LogP contribution is 2.35. The molecule has 2 aromatic carbocycles. The van der Waals surface area contributed by atoms with E-state index in [1.54, 1.807) is 19.1 Å². The molecule has 0 aliphatic carbocycles. The van der Waals surface area contributed by atoms with Crippen LogP contribution in [0.5, 0.6) is 11.5 Å². The summed E-state index contributed by atoms with van der Waals surface area (Å²) in [7, 11) is 1.45. The largest absolute Gasteiger partial charge is 0.504 e. The van der Waals surface area contributed by atoms with E-state index in [0.29, 0.717) is 33.9 Å². The number of aliphatic hydroxyl groups is 1. The first kappa shape index (κ1) is 19.8. The molecule has 0 saturated heterocycles. The Morgan fingerprint density at radius 2 is 1.96 bits per heavy atom. The highest BCUT2D eigenvalue weighted by atomic mass is 19.3. The van der Waals surface area contributed by atoms with Gasteiger partial charge in [-0.3, -0.25) is 0 Å². The van der Waals surface area contributed by atoms with Crippen LogP contribution in [0.4, 0.5) is 14.6 Å². The van der Waals surface area contributed by atoms with Gasteiger partial charge in [0.15, 0.2) is 11.5 Å².